The molecule has 154 valence electrons. The summed E-state index contributed by atoms with van der Waals surface area (Å²) in [6.45, 7) is -1.62. The quantitative estimate of drug-likeness (QED) is 0.352. The standard InChI is InChI=1S/C21H20F2O6/c1-13(24)15-6-8-17(26-2)16(11-15)12-28-20(25)9-5-14-4-7-18(29-21(22)23)19(10-14)27-3/h4-11,21H,12H2,1-3H3/b9-5+. The summed E-state index contributed by atoms with van der Waals surface area (Å²) in [6, 6.07) is 9.11. The highest BCUT2D eigenvalue weighted by atomic mass is 19.3. The van der Waals surface area contributed by atoms with Crippen molar-refractivity contribution in [2.75, 3.05) is 14.2 Å². The van der Waals surface area contributed by atoms with E-state index in [0.29, 0.717) is 22.4 Å². The Morgan fingerprint density at radius 1 is 1.00 bits per heavy atom. The van der Waals surface area contributed by atoms with Crippen LogP contribution in [0.3, 0.4) is 0 Å². The highest BCUT2D eigenvalue weighted by Crippen LogP contribution is 2.30. The van der Waals surface area contributed by atoms with Crippen LogP contribution in [0.1, 0.15) is 28.4 Å². The van der Waals surface area contributed by atoms with E-state index in [1.807, 2.05) is 0 Å². The molecule has 2 aromatic carbocycles. The van der Waals surface area contributed by atoms with Crippen LogP contribution in [0.4, 0.5) is 8.78 Å². The van der Waals surface area contributed by atoms with Crippen LogP contribution in [0, 0.1) is 0 Å². The van der Waals surface area contributed by atoms with Crippen LogP contribution < -0.4 is 14.2 Å². The predicted octanol–water partition coefficient (Wildman–Crippen LogP) is 4.26. The SMILES string of the molecule is COc1ccc(C(C)=O)cc1COC(=O)/C=C/c1ccc(OC(F)F)c(OC)c1. The Labute approximate surface area is 166 Å². The molecule has 0 bridgehead atoms. The van der Waals surface area contributed by atoms with Crippen molar-refractivity contribution in [2.45, 2.75) is 20.1 Å². The molecule has 0 radical (unpaired) electrons. The zero-order valence-electron chi connectivity index (χ0n) is 16.1. The molecule has 0 spiro atoms. The molecule has 0 unspecified atom stereocenters. The van der Waals surface area contributed by atoms with Crippen LogP contribution in [0.5, 0.6) is 17.2 Å². The summed E-state index contributed by atoms with van der Waals surface area (Å²) in [5, 5.41) is 0. The second-order valence-electron chi connectivity index (χ2n) is 5.81. The first kappa shape index (κ1) is 21.9. The van der Waals surface area contributed by atoms with E-state index in [0.717, 1.165) is 0 Å². The molecule has 0 N–H and O–H groups in total. The minimum absolute atomic E-state index is 0.0854. The summed E-state index contributed by atoms with van der Waals surface area (Å²) in [7, 11) is 2.79. The summed E-state index contributed by atoms with van der Waals surface area (Å²) >= 11 is 0. The smallest absolute Gasteiger partial charge is 0.387 e. The van der Waals surface area contributed by atoms with Gasteiger partial charge in [0.2, 0.25) is 0 Å². The van der Waals surface area contributed by atoms with E-state index in [1.165, 1.54) is 51.5 Å². The van der Waals surface area contributed by atoms with Crippen molar-refractivity contribution < 1.29 is 37.3 Å². The summed E-state index contributed by atoms with van der Waals surface area (Å²) < 4.78 is 44.5. The number of methoxy groups -OCH3 is 2. The van der Waals surface area contributed by atoms with Crippen molar-refractivity contribution in [1.82, 2.24) is 0 Å². The molecule has 0 aliphatic carbocycles. The second kappa shape index (κ2) is 10.2. The molecule has 0 saturated heterocycles. The largest absolute Gasteiger partial charge is 0.496 e. The van der Waals surface area contributed by atoms with Crippen molar-refractivity contribution in [3.63, 3.8) is 0 Å². The molecule has 8 heteroatoms. The van der Waals surface area contributed by atoms with Gasteiger partial charge in [-0.25, -0.2) is 4.79 Å². The molecule has 6 nitrogen and oxygen atoms in total. The maximum absolute atomic E-state index is 12.4. The lowest BCUT2D eigenvalue weighted by Gasteiger charge is -2.10. The summed E-state index contributed by atoms with van der Waals surface area (Å²) in [5.74, 6) is -0.266. The number of hydrogen-bond donors (Lipinski definition) is 0. The molecule has 2 aromatic rings. The van der Waals surface area contributed by atoms with E-state index in [9.17, 15) is 18.4 Å². The van der Waals surface area contributed by atoms with Crippen molar-refractivity contribution in [3.8, 4) is 17.2 Å². The number of benzene rings is 2. The molecule has 0 atom stereocenters. The van der Waals surface area contributed by atoms with Gasteiger partial charge in [0.1, 0.15) is 12.4 Å². The number of alkyl halides is 2. The molecule has 0 amide bonds. The lowest BCUT2D eigenvalue weighted by Crippen LogP contribution is -2.04. The third-order valence-electron chi connectivity index (χ3n) is 3.87. The maximum Gasteiger partial charge on any atom is 0.387 e. The summed E-state index contributed by atoms with van der Waals surface area (Å²) in [4.78, 5) is 23.5. The number of esters is 1. The molecule has 2 rings (SSSR count). The average molecular weight is 406 g/mol. The van der Waals surface area contributed by atoms with Crippen molar-refractivity contribution in [3.05, 3.63) is 59.2 Å². The first-order valence-corrected chi connectivity index (χ1v) is 8.49. The molecule has 0 fully saturated rings. The van der Waals surface area contributed by atoms with Gasteiger partial charge in [0, 0.05) is 17.2 Å². The lowest BCUT2D eigenvalue weighted by molar-refractivity contribution is -0.138. The number of ether oxygens (including phenoxy) is 4. The zero-order chi connectivity index (χ0) is 21.4. The number of ketones is 1. The summed E-state index contributed by atoms with van der Waals surface area (Å²) in [5.41, 5.74) is 1.55. The van der Waals surface area contributed by atoms with Crippen molar-refractivity contribution >= 4 is 17.8 Å². The van der Waals surface area contributed by atoms with Crippen LogP contribution in [0.15, 0.2) is 42.5 Å². The fourth-order valence-corrected chi connectivity index (χ4v) is 2.45. The third kappa shape index (κ3) is 6.31. The highest BCUT2D eigenvalue weighted by molar-refractivity contribution is 5.94. The van der Waals surface area contributed by atoms with E-state index in [2.05, 4.69) is 4.74 Å². The number of carbonyl (C=O) groups is 2. The van der Waals surface area contributed by atoms with Crippen LogP contribution in [-0.4, -0.2) is 32.6 Å². The monoisotopic (exact) mass is 406 g/mol. The molecule has 29 heavy (non-hydrogen) atoms. The van der Waals surface area contributed by atoms with Gasteiger partial charge in [-0.3, -0.25) is 4.79 Å². The summed E-state index contributed by atoms with van der Waals surface area (Å²) in [6.07, 6.45) is 2.63. The first-order valence-electron chi connectivity index (χ1n) is 8.49. The van der Waals surface area contributed by atoms with E-state index in [4.69, 9.17) is 14.2 Å². The Morgan fingerprint density at radius 3 is 2.31 bits per heavy atom. The minimum atomic E-state index is -2.97. The third-order valence-corrected chi connectivity index (χ3v) is 3.87. The Kier molecular flexibility index (Phi) is 7.70. The van der Waals surface area contributed by atoms with E-state index in [-0.39, 0.29) is 23.9 Å². The first-order chi connectivity index (χ1) is 13.8. The Balaban J connectivity index is 2.05. The highest BCUT2D eigenvalue weighted by Gasteiger charge is 2.11. The molecular weight excluding hydrogens is 386 g/mol. The minimum Gasteiger partial charge on any atom is -0.496 e. The van der Waals surface area contributed by atoms with Crippen LogP contribution in [-0.2, 0) is 16.1 Å². The van der Waals surface area contributed by atoms with Gasteiger partial charge >= 0.3 is 12.6 Å². The molecule has 0 heterocycles. The number of hydrogen-bond acceptors (Lipinski definition) is 6. The topological polar surface area (TPSA) is 71.1 Å². The molecule has 0 aliphatic heterocycles. The van der Waals surface area contributed by atoms with Gasteiger partial charge in [0.05, 0.1) is 14.2 Å². The molecule has 0 saturated carbocycles. The van der Waals surface area contributed by atoms with Gasteiger partial charge in [0.25, 0.3) is 0 Å². The van der Waals surface area contributed by atoms with Gasteiger partial charge in [-0.05, 0) is 48.9 Å². The average Bonchev–Trinajstić information content (AvgIpc) is 2.70. The fourth-order valence-electron chi connectivity index (χ4n) is 2.45. The van der Waals surface area contributed by atoms with Gasteiger partial charge in [-0.1, -0.05) is 6.07 Å². The maximum atomic E-state index is 12.4. The van der Waals surface area contributed by atoms with Gasteiger partial charge in [0.15, 0.2) is 17.3 Å². The lowest BCUT2D eigenvalue weighted by atomic mass is 10.1. The second-order valence-corrected chi connectivity index (χ2v) is 5.81. The van der Waals surface area contributed by atoms with Crippen molar-refractivity contribution in [1.29, 1.82) is 0 Å². The Morgan fingerprint density at radius 2 is 1.69 bits per heavy atom. The van der Waals surface area contributed by atoms with Gasteiger partial charge in [-0.2, -0.15) is 8.78 Å². The van der Waals surface area contributed by atoms with Crippen LogP contribution in [0.2, 0.25) is 0 Å². The number of carbonyl (C=O) groups excluding carboxylic acids is 2. The zero-order valence-corrected chi connectivity index (χ0v) is 16.1. The van der Waals surface area contributed by atoms with Crippen LogP contribution >= 0.6 is 0 Å². The predicted molar refractivity (Wildman–Crippen MR) is 101 cm³/mol. The fraction of sp³-hybridized carbons (Fsp3) is 0.238. The number of halogens is 2. The van der Waals surface area contributed by atoms with E-state index < -0.39 is 12.6 Å². The van der Waals surface area contributed by atoms with E-state index >= 15 is 0 Å². The molecule has 0 aliphatic rings. The normalized spacial score (nSPS) is 10.8. The number of rotatable bonds is 9. The molecule has 0 aromatic heterocycles. The van der Waals surface area contributed by atoms with Crippen LogP contribution in [0.25, 0.3) is 6.08 Å². The Bertz CT molecular complexity index is 908. The Hall–Kier alpha value is -3.42. The molecular formula is C21H20F2O6. The van der Waals surface area contributed by atoms with Gasteiger partial charge < -0.3 is 18.9 Å². The van der Waals surface area contributed by atoms with E-state index in [1.54, 1.807) is 18.2 Å². The van der Waals surface area contributed by atoms with Crippen molar-refractivity contribution in [2.24, 2.45) is 0 Å². The number of Topliss-reactive ketones (excluding diaryl/α,β-unsaturated/α-hetero) is 1. The van der Waals surface area contributed by atoms with Gasteiger partial charge in [-0.15, -0.1) is 0 Å².